The molecule has 3 rings (SSSR count). The lowest BCUT2D eigenvalue weighted by Gasteiger charge is -2.19. The average molecular weight is 426 g/mol. The highest BCUT2D eigenvalue weighted by Crippen LogP contribution is 2.31. The quantitative estimate of drug-likeness (QED) is 0.788. The van der Waals surface area contributed by atoms with Crippen molar-refractivity contribution in [2.75, 3.05) is 10.1 Å². The first-order valence-electron chi connectivity index (χ1n) is 8.43. The zero-order chi connectivity index (χ0) is 20.7. The number of hydrogen-bond acceptors (Lipinski definition) is 5. The molecule has 0 spiro atoms. The number of nitrogens with zero attached hydrogens (tertiary/aromatic N) is 1. The van der Waals surface area contributed by atoms with Crippen molar-refractivity contribution >= 4 is 31.6 Å². The molecule has 1 saturated heterocycles. The molecule has 1 fully saturated rings. The van der Waals surface area contributed by atoms with Crippen molar-refractivity contribution in [1.82, 2.24) is 4.72 Å². The van der Waals surface area contributed by atoms with Crippen molar-refractivity contribution in [2.45, 2.75) is 31.7 Å². The minimum absolute atomic E-state index is 0.0309. The van der Waals surface area contributed by atoms with E-state index in [-0.39, 0.29) is 46.0 Å². The summed E-state index contributed by atoms with van der Waals surface area (Å²) in [6.45, 7) is 2.80. The molecule has 1 aliphatic rings. The molecule has 0 unspecified atom stereocenters. The maximum absolute atomic E-state index is 13.7. The number of carbonyl (C=O) groups is 1. The third kappa shape index (κ3) is 3.80. The molecule has 1 aliphatic heterocycles. The first-order valence-corrected chi connectivity index (χ1v) is 11.5. The highest BCUT2D eigenvalue weighted by Gasteiger charge is 2.37. The second kappa shape index (κ2) is 7.26. The van der Waals surface area contributed by atoms with Crippen LogP contribution < -0.4 is 9.03 Å². The maximum atomic E-state index is 13.7. The molecular weight excluding hydrogens is 407 g/mol. The number of amides is 1. The number of nitrogens with one attached hydrogen (secondary N) is 1. The normalized spacial score (nSPS) is 16.5. The topological polar surface area (TPSA) is 101 Å². The molecule has 1 amide bonds. The van der Waals surface area contributed by atoms with Gasteiger partial charge in [0.25, 0.3) is 0 Å². The van der Waals surface area contributed by atoms with Crippen LogP contribution >= 0.6 is 0 Å². The molecule has 150 valence electrons. The SMILES string of the molecule is Cc1cc(N2C(=O)CCS2(=O)=O)cc(C)c1S(=O)(=O)NCc1ccccc1F. The Bertz CT molecular complexity index is 1140. The maximum Gasteiger partial charge on any atom is 0.242 e. The Morgan fingerprint density at radius 1 is 1.14 bits per heavy atom. The summed E-state index contributed by atoms with van der Waals surface area (Å²) in [5.74, 6) is -1.34. The highest BCUT2D eigenvalue weighted by atomic mass is 32.2. The Balaban J connectivity index is 1.94. The third-order valence-electron chi connectivity index (χ3n) is 4.44. The number of carbonyl (C=O) groups excluding carboxylic acids is 1. The second-order valence-corrected chi connectivity index (χ2v) is 10.2. The van der Waals surface area contributed by atoms with Crippen molar-refractivity contribution in [2.24, 2.45) is 0 Å². The Morgan fingerprint density at radius 3 is 2.29 bits per heavy atom. The van der Waals surface area contributed by atoms with Crippen molar-refractivity contribution < 1.29 is 26.0 Å². The number of rotatable bonds is 5. The van der Waals surface area contributed by atoms with E-state index in [1.165, 1.54) is 44.2 Å². The number of anilines is 1. The van der Waals surface area contributed by atoms with Gasteiger partial charge in [0, 0.05) is 18.5 Å². The van der Waals surface area contributed by atoms with E-state index in [1.807, 2.05) is 0 Å². The van der Waals surface area contributed by atoms with Gasteiger partial charge < -0.3 is 0 Å². The van der Waals surface area contributed by atoms with Gasteiger partial charge in [-0.25, -0.2) is 30.3 Å². The van der Waals surface area contributed by atoms with E-state index in [1.54, 1.807) is 6.07 Å². The Hall–Kier alpha value is -2.30. The molecule has 0 aromatic heterocycles. The van der Waals surface area contributed by atoms with Crippen LogP contribution in [0.3, 0.4) is 0 Å². The molecule has 0 aliphatic carbocycles. The predicted molar refractivity (Wildman–Crippen MR) is 102 cm³/mol. The van der Waals surface area contributed by atoms with Gasteiger partial charge in [-0.05, 0) is 43.2 Å². The standard InChI is InChI=1S/C18H19FN2O5S2/c1-12-9-15(21-17(22)7-8-27(21,23)24)10-13(2)18(12)28(25,26)20-11-14-5-3-4-6-16(14)19/h3-6,9-10,20H,7-8,11H2,1-2H3. The van der Waals surface area contributed by atoms with Gasteiger partial charge in [0.1, 0.15) is 5.82 Å². The summed E-state index contributed by atoms with van der Waals surface area (Å²) in [7, 11) is -7.73. The lowest BCUT2D eigenvalue weighted by molar-refractivity contribution is -0.116. The summed E-state index contributed by atoms with van der Waals surface area (Å²) in [4.78, 5) is 11.9. The van der Waals surface area contributed by atoms with E-state index in [2.05, 4.69) is 4.72 Å². The minimum Gasteiger partial charge on any atom is -0.273 e. The summed E-state index contributed by atoms with van der Waals surface area (Å²) in [5, 5.41) is 0. The van der Waals surface area contributed by atoms with Crippen LogP contribution in [-0.4, -0.2) is 28.5 Å². The van der Waals surface area contributed by atoms with Crippen LogP contribution in [0.1, 0.15) is 23.1 Å². The van der Waals surface area contributed by atoms with E-state index in [4.69, 9.17) is 0 Å². The fourth-order valence-electron chi connectivity index (χ4n) is 3.22. The number of sulfonamides is 2. The van der Waals surface area contributed by atoms with Crippen molar-refractivity contribution in [3.63, 3.8) is 0 Å². The Kier molecular flexibility index (Phi) is 5.30. The minimum atomic E-state index is -3.99. The molecule has 2 aromatic rings. The summed E-state index contributed by atoms with van der Waals surface area (Å²) >= 11 is 0. The molecule has 1 heterocycles. The van der Waals surface area contributed by atoms with Crippen LogP contribution in [0.4, 0.5) is 10.1 Å². The van der Waals surface area contributed by atoms with E-state index >= 15 is 0 Å². The van der Waals surface area contributed by atoms with Gasteiger partial charge >= 0.3 is 0 Å². The molecule has 0 radical (unpaired) electrons. The molecule has 7 nitrogen and oxygen atoms in total. The van der Waals surface area contributed by atoms with E-state index in [9.17, 15) is 26.0 Å². The van der Waals surface area contributed by atoms with Gasteiger partial charge in [-0.3, -0.25) is 4.79 Å². The molecule has 28 heavy (non-hydrogen) atoms. The zero-order valence-corrected chi connectivity index (χ0v) is 16.9. The van der Waals surface area contributed by atoms with Gasteiger partial charge in [-0.15, -0.1) is 0 Å². The predicted octanol–water partition coefficient (Wildman–Crippen LogP) is 1.99. The number of benzene rings is 2. The smallest absolute Gasteiger partial charge is 0.242 e. The fourth-order valence-corrected chi connectivity index (χ4v) is 6.12. The first kappa shape index (κ1) is 20.4. The summed E-state index contributed by atoms with van der Waals surface area (Å²) in [5.41, 5.74) is 0.883. The number of halogens is 1. The molecule has 0 atom stereocenters. The third-order valence-corrected chi connectivity index (χ3v) is 7.83. The highest BCUT2D eigenvalue weighted by molar-refractivity contribution is 7.94. The summed E-state index contributed by atoms with van der Waals surface area (Å²) in [6, 6.07) is 8.53. The van der Waals surface area contributed by atoms with Crippen LogP contribution in [0.5, 0.6) is 0 Å². The summed E-state index contributed by atoms with van der Waals surface area (Å²) in [6.07, 6.45) is -0.106. The number of aryl methyl sites for hydroxylation is 2. The lowest BCUT2D eigenvalue weighted by Crippen LogP contribution is -2.30. The van der Waals surface area contributed by atoms with Crippen molar-refractivity contribution in [1.29, 1.82) is 0 Å². The van der Waals surface area contributed by atoms with Gasteiger partial charge in [-0.2, -0.15) is 0 Å². The van der Waals surface area contributed by atoms with Gasteiger partial charge in [0.15, 0.2) is 0 Å². The first-order chi connectivity index (χ1) is 13.0. The summed E-state index contributed by atoms with van der Waals surface area (Å²) < 4.78 is 66.5. The van der Waals surface area contributed by atoms with E-state index in [0.717, 1.165) is 4.31 Å². The van der Waals surface area contributed by atoms with Crippen molar-refractivity contribution in [3.05, 3.63) is 58.9 Å². The molecule has 2 aromatic carbocycles. The molecular formula is C18H19FN2O5S2. The largest absolute Gasteiger partial charge is 0.273 e. The fraction of sp³-hybridized carbons (Fsp3) is 0.278. The number of hydrogen-bond donors (Lipinski definition) is 1. The van der Waals surface area contributed by atoms with Crippen LogP contribution in [0.25, 0.3) is 0 Å². The van der Waals surface area contributed by atoms with Crippen molar-refractivity contribution in [3.8, 4) is 0 Å². The van der Waals surface area contributed by atoms with Crippen LogP contribution in [0, 0.1) is 19.7 Å². The monoisotopic (exact) mass is 426 g/mol. The van der Waals surface area contributed by atoms with Crippen LogP contribution in [0.15, 0.2) is 41.3 Å². The lowest BCUT2D eigenvalue weighted by atomic mass is 10.1. The van der Waals surface area contributed by atoms with Crippen LogP contribution in [0.2, 0.25) is 0 Å². The molecule has 0 bridgehead atoms. The molecule has 1 N–H and O–H groups in total. The van der Waals surface area contributed by atoms with Gasteiger partial charge in [-0.1, -0.05) is 18.2 Å². The van der Waals surface area contributed by atoms with E-state index < -0.39 is 31.8 Å². The van der Waals surface area contributed by atoms with Gasteiger partial charge in [0.2, 0.25) is 26.0 Å². The van der Waals surface area contributed by atoms with Crippen LogP contribution in [-0.2, 0) is 31.4 Å². The average Bonchev–Trinajstić information content (AvgIpc) is 2.86. The van der Waals surface area contributed by atoms with E-state index in [0.29, 0.717) is 0 Å². The second-order valence-electron chi connectivity index (χ2n) is 6.55. The Morgan fingerprint density at radius 2 is 1.75 bits per heavy atom. The van der Waals surface area contributed by atoms with Gasteiger partial charge in [0.05, 0.1) is 16.3 Å². The Labute approximate surface area is 163 Å². The zero-order valence-electron chi connectivity index (χ0n) is 15.3. The molecule has 10 heteroatoms. The molecule has 0 saturated carbocycles.